The lowest BCUT2D eigenvalue weighted by Gasteiger charge is -2.13. The van der Waals surface area contributed by atoms with Crippen LogP contribution in [0.5, 0.6) is 11.5 Å². The van der Waals surface area contributed by atoms with Crippen molar-refractivity contribution in [1.29, 1.82) is 0 Å². The van der Waals surface area contributed by atoms with Crippen molar-refractivity contribution in [2.24, 2.45) is 0 Å². The van der Waals surface area contributed by atoms with Crippen molar-refractivity contribution >= 4 is 27.0 Å². The van der Waals surface area contributed by atoms with E-state index in [1.54, 1.807) is 12.1 Å². The molecule has 0 bridgehead atoms. The number of benzene rings is 2. The fourth-order valence-electron chi connectivity index (χ4n) is 2.84. The molecule has 0 saturated heterocycles. The molecule has 4 rings (SSSR count). The maximum Gasteiger partial charge on any atom is 0.166 e. The van der Waals surface area contributed by atoms with E-state index < -0.39 is 5.82 Å². The van der Waals surface area contributed by atoms with Crippen LogP contribution in [0, 0.1) is 12.7 Å². The number of H-pyrrole nitrogens is 1. The summed E-state index contributed by atoms with van der Waals surface area (Å²) in [6.45, 7) is 1.95. The van der Waals surface area contributed by atoms with Crippen molar-refractivity contribution in [3.05, 3.63) is 76.8 Å². The Morgan fingerprint density at radius 1 is 1.00 bits per heavy atom. The topological polar surface area (TPSA) is 37.9 Å². The van der Waals surface area contributed by atoms with E-state index in [9.17, 15) is 4.39 Å². The van der Waals surface area contributed by atoms with Crippen molar-refractivity contribution < 1.29 is 9.13 Å². The quantitative estimate of drug-likeness (QED) is 0.445. The number of nitrogens with one attached hydrogen (secondary N) is 1. The second-order valence-corrected chi connectivity index (χ2v) is 6.64. The lowest BCUT2D eigenvalue weighted by molar-refractivity contribution is 0.443. The number of fused-ring (bicyclic) bond motifs is 1. The van der Waals surface area contributed by atoms with Gasteiger partial charge in [0.15, 0.2) is 11.6 Å². The summed E-state index contributed by atoms with van der Waals surface area (Å²) in [4.78, 5) is 7.64. The highest BCUT2D eigenvalue weighted by Gasteiger charge is 2.14. The van der Waals surface area contributed by atoms with Crippen LogP contribution in [-0.4, -0.2) is 9.97 Å². The van der Waals surface area contributed by atoms with Gasteiger partial charge in [-0.1, -0.05) is 34.1 Å². The van der Waals surface area contributed by atoms with Gasteiger partial charge in [-0.05, 0) is 48.9 Å². The number of aromatic nitrogens is 2. The minimum Gasteiger partial charge on any atom is -0.454 e. The van der Waals surface area contributed by atoms with E-state index in [2.05, 4.69) is 25.9 Å². The predicted molar refractivity (Wildman–Crippen MR) is 100 cm³/mol. The molecule has 2 aromatic carbocycles. The summed E-state index contributed by atoms with van der Waals surface area (Å²) in [6, 6.07) is 16.4. The Bertz CT molecular complexity index is 1070. The van der Waals surface area contributed by atoms with Gasteiger partial charge in [0.1, 0.15) is 11.4 Å². The molecular formula is C20H14BrFN2O. The van der Waals surface area contributed by atoms with E-state index in [1.165, 1.54) is 6.07 Å². The average molecular weight is 397 g/mol. The average Bonchev–Trinajstić information content (AvgIpc) is 3.05. The maximum atomic E-state index is 14.2. The zero-order valence-corrected chi connectivity index (χ0v) is 15.0. The molecule has 5 heteroatoms. The van der Waals surface area contributed by atoms with Gasteiger partial charge in [-0.3, -0.25) is 0 Å². The molecule has 2 heterocycles. The first kappa shape index (κ1) is 15.8. The Hall–Kier alpha value is -2.66. The highest BCUT2D eigenvalue weighted by Crippen LogP contribution is 2.37. The minimum absolute atomic E-state index is 0.187. The third kappa shape index (κ3) is 3.03. The Kier molecular flexibility index (Phi) is 4.01. The van der Waals surface area contributed by atoms with Gasteiger partial charge in [0.05, 0.1) is 0 Å². The first-order valence-corrected chi connectivity index (χ1v) is 8.58. The molecule has 0 spiro atoms. The minimum atomic E-state index is -0.415. The van der Waals surface area contributed by atoms with Crippen molar-refractivity contribution in [2.45, 2.75) is 6.92 Å². The molecule has 0 amide bonds. The molecule has 0 atom stereocenters. The monoisotopic (exact) mass is 396 g/mol. The van der Waals surface area contributed by atoms with Crippen molar-refractivity contribution in [3.8, 4) is 22.6 Å². The van der Waals surface area contributed by atoms with Crippen LogP contribution in [-0.2, 0) is 0 Å². The fraction of sp³-hybridized carbons (Fsp3) is 0.0500. The molecule has 0 fully saturated rings. The second-order valence-electron chi connectivity index (χ2n) is 5.72. The van der Waals surface area contributed by atoms with Crippen LogP contribution in [0.3, 0.4) is 0 Å². The molecule has 3 nitrogen and oxygen atoms in total. The van der Waals surface area contributed by atoms with Crippen LogP contribution in [0.4, 0.5) is 4.39 Å². The number of ether oxygens (including phenoxy) is 1. The molecule has 0 unspecified atom stereocenters. The molecule has 0 aliphatic rings. The van der Waals surface area contributed by atoms with Crippen LogP contribution in [0.25, 0.3) is 22.2 Å². The van der Waals surface area contributed by atoms with E-state index in [0.29, 0.717) is 10.2 Å². The SMILES string of the molecule is Cc1cc(-c2ccccc2Oc2ccc(Br)cc2F)c2cc[nH]c2n1. The van der Waals surface area contributed by atoms with Crippen molar-refractivity contribution in [2.75, 3.05) is 0 Å². The smallest absolute Gasteiger partial charge is 0.166 e. The van der Waals surface area contributed by atoms with Gasteiger partial charge >= 0.3 is 0 Å². The first-order chi connectivity index (χ1) is 12.1. The Labute approximate surface area is 152 Å². The summed E-state index contributed by atoms with van der Waals surface area (Å²) in [5, 5.41) is 0.998. The number of rotatable bonds is 3. The molecule has 0 saturated carbocycles. The van der Waals surface area contributed by atoms with Gasteiger partial charge in [-0.15, -0.1) is 0 Å². The largest absolute Gasteiger partial charge is 0.454 e. The zero-order chi connectivity index (χ0) is 17.4. The van der Waals surface area contributed by atoms with E-state index >= 15 is 0 Å². The van der Waals surface area contributed by atoms with Crippen LogP contribution >= 0.6 is 15.9 Å². The predicted octanol–water partition coefficient (Wildman–Crippen LogP) is 6.23. The van der Waals surface area contributed by atoms with Gasteiger partial charge < -0.3 is 9.72 Å². The molecule has 25 heavy (non-hydrogen) atoms. The summed E-state index contributed by atoms with van der Waals surface area (Å²) in [7, 11) is 0. The summed E-state index contributed by atoms with van der Waals surface area (Å²) < 4.78 is 20.7. The maximum absolute atomic E-state index is 14.2. The number of hydrogen-bond donors (Lipinski definition) is 1. The van der Waals surface area contributed by atoms with Gasteiger partial charge in [-0.2, -0.15) is 0 Å². The van der Waals surface area contributed by atoms with E-state index in [0.717, 1.165) is 27.9 Å². The summed E-state index contributed by atoms with van der Waals surface area (Å²) in [6.07, 6.45) is 1.86. The van der Waals surface area contributed by atoms with Crippen LogP contribution in [0.1, 0.15) is 5.69 Å². The van der Waals surface area contributed by atoms with Gasteiger partial charge in [0.2, 0.25) is 0 Å². The van der Waals surface area contributed by atoms with Gasteiger partial charge in [-0.25, -0.2) is 9.37 Å². The molecule has 4 aromatic rings. The third-order valence-corrected chi connectivity index (χ3v) is 4.44. The van der Waals surface area contributed by atoms with Crippen molar-refractivity contribution in [3.63, 3.8) is 0 Å². The van der Waals surface area contributed by atoms with Crippen LogP contribution in [0.15, 0.2) is 65.3 Å². The number of para-hydroxylation sites is 1. The van der Waals surface area contributed by atoms with Gasteiger partial charge in [0, 0.05) is 27.3 Å². The molecule has 1 N–H and O–H groups in total. The number of aromatic amines is 1. The first-order valence-electron chi connectivity index (χ1n) is 7.79. The lowest BCUT2D eigenvalue weighted by Crippen LogP contribution is -1.93. The number of nitrogens with zero attached hydrogens (tertiary/aromatic N) is 1. The highest BCUT2D eigenvalue weighted by molar-refractivity contribution is 9.10. The number of halogens is 2. The molecule has 2 aromatic heterocycles. The number of aryl methyl sites for hydroxylation is 1. The Morgan fingerprint density at radius 2 is 1.84 bits per heavy atom. The lowest BCUT2D eigenvalue weighted by atomic mass is 10.0. The Balaban J connectivity index is 1.85. The van der Waals surface area contributed by atoms with E-state index in [4.69, 9.17) is 4.74 Å². The standard InChI is InChI=1S/C20H14BrFN2O/c1-12-10-16(15-8-9-23-20(15)24-12)14-4-2-3-5-18(14)25-19-7-6-13(21)11-17(19)22/h2-11H,1H3,(H,23,24). The normalized spacial score (nSPS) is 11.0. The van der Waals surface area contributed by atoms with E-state index in [-0.39, 0.29) is 5.75 Å². The van der Waals surface area contributed by atoms with Crippen LogP contribution in [0.2, 0.25) is 0 Å². The zero-order valence-electron chi connectivity index (χ0n) is 13.4. The summed E-state index contributed by atoms with van der Waals surface area (Å²) in [5.74, 6) is 0.366. The summed E-state index contributed by atoms with van der Waals surface area (Å²) in [5.41, 5.74) is 3.60. The summed E-state index contributed by atoms with van der Waals surface area (Å²) >= 11 is 3.26. The number of hydrogen-bond acceptors (Lipinski definition) is 2. The van der Waals surface area contributed by atoms with Gasteiger partial charge in [0.25, 0.3) is 0 Å². The van der Waals surface area contributed by atoms with Crippen LogP contribution < -0.4 is 4.74 Å². The molecular weight excluding hydrogens is 383 g/mol. The molecule has 0 radical (unpaired) electrons. The Morgan fingerprint density at radius 3 is 2.68 bits per heavy atom. The highest BCUT2D eigenvalue weighted by atomic mass is 79.9. The van der Waals surface area contributed by atoms with E-state index in [1.807, 2.05) is 49.5 Å². The molecule has 0 aliphatic heterocycles. The molecule has 124 valence electrons. The van der Waals surface area contributed by atoms with Crippen molar-refractivity contribution in [1.82, 2.24) is 9.97 Å². The number of pyridine rings is 1. The third-order valence-electron chi connectivity index (χ3n) is 3.95. The molecule has 0 aliphatic carbocycles. The fourth-order valence-corrected chi connectivity index (χ4v) is 3.18. The second kappa shape index (κ2) is 6.33.